The lowest BCUT2D eigenvalue weighted by molar-refractivity contribution is -0.123. The lowest BCUT2D eigenvalue weighted by Crippen LogP contribution is -2.43. The standard InChI is InChI=1S/C20H19N3O3S2/c21-12-14-2-8-17(9-3-14)26-13-18(24)22-23-19(25)15-4-6-16(7-5-15)20-27-10-1-11-28-20/h2-9,20H,1,10-11,13H2,(H,22,24)(H,23,25). The number of hydrogen-bond donors (Lipinski definition) is 2. The van der Waals surface area contributed by atoms with Crippen LogP contribution in [0.25, 0.3) is 0 Å². The highest BCUT2D eigenvalue weighted by Gasteiger charge is 2.17. The van der Waals surface area contributed by atoms with Gasteiger partial charge < -0.3 is 4.74 Å². The quantitative estimate of drug-likeness (QED) is 0.731. The van der Waals surface area contributed by atoms with Crippen molar-refractivity contribution < 1.29 is 14.3 Å². The number of hydrogen-bond acceptors (Lipinski definition) is 6. The van der Waals surface area contributed by atoms with Gasteiger partial charge in [0.15, 0.2) is 6.61 Å². The van der Waals surface area contributed by atoms with Gasteiger partial charge in [0, 0.05) is 5.56 Å². The molecule has 1 aliphatic rings. The van der Waals surface area contributed by atoms with Crippen LogP contribution in [0.4, 0.5) is 0 Å². The molecule has 0 saturated carbocycles. The van der Waals surface area contributed by atoms with Crippen LogP contribution in [0.1, 0.15) is 32.5 Å². The number of thioether (sulfide) groups is 2. The van der Waals surface area contributed by atoms with Crippen molar-refractivity contribution in [2.75, 3.05) is 18.1 Å². The maximum atomic E-state index is 12.2. The minimum Gasteiger partial charge on any atom is -0.484 e. The van der Waals surface area contributed by atoms with E-state index in [-0.39, 0.29) is 12.5 Å². The van der Waals surface area contributed by atoms with Crippen LogP contribution in [0.5, 0.6) is 5.75 Å². The zero-order valence-electron chi connectivity index (χ0n) is 15.0. The molecule has 0 unspecified atom stereocenters. The van der Waals surface area contributed by atoms with Gasteiger partial charge in [-0.2, -0.15) is 5.26 Å². The molecule has 144 valence electrons. The maximum Gasteiger partial charge on any atom is 0.276 e. The average Bonchev–Trinajstić information content (AvgIpc) is 2.77. The van der Waals surface area contributed by atoms with Crippen LogP contribution in [0.2, 0.25) is 0 Å². The van der Waals surface area contributed by atoms with Crippen molar-refractivity contribution in [3.63, 3.8) is 0 Å². The fourth-order valence-corrected chi connectivity index (χ4v) is 5.38. The first-order valence-electron chi connectivity index (χ1n) is 8.71. The van der Waals surface area contributed by atoms with Gasteiger partial charge in [-0.3, -0.25) is 20.4 Å². The number of benzene rings is 2. The summed E-state index contributed by atoms with van der Waals surface area (Å²) in [6.07, 6.45) is 1.24. The molecule has 0 aromatic heterocycles. The average molecular weight is 414 g/mol. The van der Waals surface area contributed by atoms with Crippen molar-refractivity contribution in [3.05, 3.63) is 65.2 Å². The number of amides is 2. The third-order valence-electron chi connectivity index (χ3n) is 3.94. The first-order chi connectivity index (χ1) is 13.7. The minimum atomic E-state index is -0.482. The summed E-state index contributed by atoms with van der Waals surface area (Å²) in [5.41, 5.74) is 6.89. The second-order valence-electron chi connectivity index (χ2n) is 5.98. The Kier molecular flexibility index (Phi) is 7.23. The van der Waals surface area contributed by atoms with Gasteiger partial charge in [0.05, 0.1) is 16.2 Å². The molecule has 0 bridgehead atoms. The second-order valence-corrected chi connectivity index (χ2v) is 8.70. The third-order valence-corrected chi connectivity index (χ3v) is 6.96. The Morgan fingerprint density at radius 1 is 1.04 bits per heavy atom. The summed E-state index contributed by atoms with van der Waals surface area (Å²) in [5, 5.41) is 8.75. The van der Waals surface area contributed by atoms with E-state index in [4.69, 9.17) is 10.00 Å². The van der Waals surface area contributed by atoms with Gasteiger partial charge in [-0.25, -0.2) is 0 Å². The summed E-state index contributed by atoms with van der Waals surface area (Å²) in [7, 11) is 0. The number of carbonyl (C=O) groups excluding carboxylic acids is 2. The summed E-state index contributed by atoms with van der Waals surface area (Å²) in [6.45, 7) is -0.249. The molecule has 28 heavy (non-hydrogen) atoms. The van der Waals surface area contributed by atoms with Crippen LogP contribution in [0.15, 0.2) is 48.5 Å². The Hall–Kier alpha value is -2.63. The fourth-order valence-electron chi connectivity index (χ4n) is 2.48. The smallest absolute Gasteiger partial charge is 0.276 e. The van der Waals surface area contributed by atoms with Crippen LogP contribution in [0.3, 0.4) is 0 Å². The fraction of sp³-hybridized carbons (Fsp3) is 0.250. The lowest BCUT2D eigenvalue weighted by Gasteiger charge is -2.21. The highest BCUT2D eigenvalue weighted by Crippen LogP contribution is 2.43. The van der Waals surface area contributed by atoms with E-state index in [1.54, 1.807) is 36.4 Å². The van der Waals surface area contributed by atoms with Crippen LogP contribution in [-0.4, -0.2) is 29.9 Å². The summed E-state index contributed by atoms with van der Waals surface area (Å²) in [4.78, 5) is 24.0. The summed E-state index contributed by atoms with van der Waals surface area (Å²) >= 11 is 3.85. The van der Waals surface area contributed by atoms with Crippen LogP contribution >= 0.6 is 23.5 Å². The number of hydrazine groups is 1. The topological polar surface area (TPSA) is 91.2 Å². The molecule has 0 spiro atoms. The first kappa shape index (κ1) is 20.1. The molecule has 3 rings (SSSR count). The summed E-state index contributed by atoms with van der Waals surface area (Å²) in [5.74, 6) is 1.92. The van der Waals surface area contributed by atoms with Gasteiger partial charge in [-0.1, -0.05) is 12.1 Å². The van der Waals surface area contributed by atoms with Gasteiger partial charge >= 0.3 is 0 Å². The van der Waals surface area contributed by atoms with Gasteiger partial charge in [-0.15, -0.1) is 23.5 Å². The number of nitriles is 1. The third kappa shape index (κ3) is 5.68. The lowest BCUT2D eigenvalue weighted by atomic mass is 10.1. The van der Waals surface area contributed by atoms with Crippen molar-refractivity contribution in [3.8, 4) is 11.8 Å². The molecule has 0 atom stereocenters. The zero-order chi connectivity index (χ0) is 19.8. The molecule has 2 aromatic carbocycles. The Labute approximate surface area is 172 Å². The largest absolute Gasteiger partial charge is 0.484 e. The monoisotopic (exact) mass is 413 g/mol. The van der Waals surface area contributed by atoms with Gasteiger partial charge in [0.1, 0.15) is 5.75 Å². The van der Waals surface area contributed by atoms with Crippen molar-refractivity contribution in [2.24, 2.45) is 0 Å². The molecule has 1 aliphatic heterocycles. The van der Waals surface area contributed by atoms with E-state index >= 15 is 0 Å². The van der Waals surface area contributed by atoms with E-state index in [0.29, 0.717) is 21.5 Å². The van der Waals surface area contributed by atoms with Crippen molar-refractivity contribution in [1.82, 2.24) is 10.9 Å². The Morgan fingerprint density at radius 2 is 1.71 bits per heavy atom. The number of ether oxygens (including phenoxy) is 1. The van der Waals surface area contributed by atoms with E-state index in [0.717, 1.165) is 11.5 Å². The highest BCUT2D eigenvalue weighted by atomic mass is 32.2. The van der Waals surface area contributed by atoms with Crippen LogP contribution in [0, 0.1) is 11.3 Å². The van der Waals surface area contributed by atoms with E-state index in [2.05, 4.69) is 10.9 Å². The van der Waals surface area contributed by atoms with Crippen LogP contribution < -0.4 is 15.6 Å². The summed E-state index contributed by atoms with van der Waals surface area (Å²) < 4.78 is 5.73. The van der Waals surface area contributed by atoms with E-state index < -0.39 is 5.91 Å². The van der Waals surface area contributed by atoms with Crippen molar-refractivity contribution >= 4 is 35.3 Å². The second kappa shape index (κ2) is 10.1. The molecular formula is C20H19N3O3S2. The van der Waals surface area contributed by atoms with Gasteiger partial charge in [-0.05, 0) is 59.9 Å². The molecule has 1 fully saturated rings. The van der Waals surface area contributed by atoms with Crippen molar-refractivity contribution in [2.45, 2.75) is 11.0 Å². The molecule has 2 aromatic rings. The predicted octanol–water partition coefficient (Wildman–Crippen LogP) is 3.27. The van der Waals surface area contributed by atoms with E-state index in [9.17, 15) is 9.59 Å². The Balaban J connectivity index is 1.43. The highest BCUT2D eigenvalue weighted by molar-refractivity contribution is 8.16. The molecule has 1 heterocycles. The number of nitrogens with zero attached hydrogens (tertiary/aromatic N) is 1. The number of carbonyl (C=O) groups is 2. The van der Waals surface area contributed by atoms with E-state index in [1.807, 2.05) is 41.7 Å². The molecule has 0 aliphatic carbocycles. The molecule has 6 nitrogen and oxygen atoms in total. The maximum absolute atomic E-state index is 12.2. The summed E-state index contributed by atoms with van der Waals surface area (Å²) in [6, 6.07) is 15.9. The molecule has 0 radical (unpaired) electrons. The molecule has 1 saturated heterocycles. The number of rotatable bonds is 5. The van der Waals surface area contributed by atoms with Crippen molar-refractivity contribution in [1.29, 1.82) is 5.26 Å². The molecule has 8 heteroatoms. The Bertz CT molecular complexity index is 858. The number of nitrogens with one attached hydrogen (secondary N) is 2. The SMILES string of the molecule is N#Cc1ccc(OCC(=O)NNC(=O)c2ccc(C3SCCCS3)cc2)cc1. The Morgan fingerprint density at radius 3 is 2.36 bits per heavy atom. The van der Waals surface area contributed by atoms with E-state index in [1.165, 1.54) is 12.0 Å². The van der Waals surface area contributed by atoms with Gasteiger partial charge in [0.2, 0.25) is 0 Å². The van der Waals surface area contributed by atoms with Gasteiger partial charge in [0.25, 0.3) is 11.8 Å². The molecule has 2 amide bonds. The predicted molar refractivity (Wildman–Crippen MR) is 111 cm³/mol. The normalized spacial score (nSPS) is 14.0. The minimum absolute atomic E-state index is 0.249. The zero-order valence-corrected chi connectivity index (χ0v) is 16.6. The molecular weight excluding hydrogens is 394 g/mol. The van der Waals surface area contributed by atoms with Crippen LogP contribution in [-0.2, 0) is 4.79 Å². The first-order valence-corrected chi connectivity index (χ1v) is 10.8. The molecule has 2 N–H and O–H groups in total.